The van der Waals surface area contributed by atoms with Gasteiger partial charge in [-0.05, 0) is 11.6 Å². The Balaban J connectivity index is 2.31. The van der Waals surface area contributed by atoms with E-state index in [1.807, 2.05) is 42.5 Å². The second-order valence-electron chi connectivity index (χ2n) is 2.85. The third kappa shape index (κ3) is 3.90. The Hall–Kier alpha value is -1.57. The molecule has 0 saturated carbocycles. The topological polar surface area (TPSA) is 26.3 Å². The van der Waals surface area contributed by atoms with E-state index < -0.39 is 0 Å². The zero-order valence-electron chi connectivity index (χ0n) is 8.27. The first-order valence-corrected chi connectivity index (χ1v) is 4.70. The molecule has 0 spiro atoms. The molecule has 0 amide bonds. The molecular formula is C12H14O2. The number of rotatable bonds is 4. The summed E-state index contributed by atoms with van der Waals surface area (Å²) < 4.78 is 4.89. The lowest BCUT2D eigenvalue weighted by Crippen LogP contribution is -2.01. The molecule has 2 heteroatoms. The van der Waals surface area contributed by atoms with Crippen LogP contribution in [0, 0.1) is 0 Å². The largest absolute Gasteiger partial charge is 0.461 e. The van der Waals surface area contributed by atoms with Gasteiger partial charge in [0.15, 0.2) is 0 Å². The zero-order chi connectivity index (χ0) is 10.2. The number of benzene rings is 1. The van der Waals surface area contributed by atoms with Crippen LogP contribution in [0.25, 0.3) is 6.08 Å². The number of esters is 1. The predicted molar refractivity (Wildman–Crippen MR) is 56.7 cm³/mol. The minimum Gasteiger partial charge on any atom is -0.461 e. The normalized spacial score (nSPS) is 10.4. The van der Waals surface area contributed by atoms with Crippen LogP contribution < -0.4 is 0 Å². The van der Waals surface area contributed by atoms with Crippen LogP contribution >= 0.6 is 0 Å². The van der Waals surface area contributed by atoms with Crippen molar-refractivity contribution in [3.8, 4) is 0 Å². The van der Waals surface area contributed by atoms with E-state index in [9.17, 15) is 4.79 Å². The molecule has 1 aromatic carbocycles. The van der Waals surface area contributed by atoms with Crippen LogP contribution in [-0.2, 0) is 9.53 Å². The lowest BCUT2D eigenvalue weighted by Gasteiger charge is -1.97. The molecule has 0 N–H and O–H groups in total. The maximum absolute atomic E-state index is 10.8. The molecule has 0 saturated heterocycles. The number of ether oxygens (including phenoxy) is 1. The highest BCUT2D eigenvalue weighted by Gasteiger charge is 1.93. The Labute approximate surface area is 84.2 Å². The fourth-order valence-corrected chi connectivity index (χ4v) is 0.991. The number of carbonyl (C=O) groups excluding carboxylic acids is 1. The van der Waals surface area contributed by atoms with E-state index in [0.29, 0.717) is 13.0 Å². The summed E-state index contributed by atoms with van der Waals surface area (Å²) in [7, 11) is 0. The molecule has 0 radical (unpaired) electrons. The minimum absolute atomic E-state index is 0.164. The molecule has 0 fully saturated rings. The third-order valence-corrected chi connectivity index (χ3v) is 1.74. The highest BCUT2D eigenvalue weighted by molar-refractivity contribution is 5.69. The second kappa shape index (κ2) is 5.97. The van der Waals surface area contributed by atoms with E-state index in [0.717, 1.165) is 5.56 Å². The Morgan fingerprint density at radius 3 is 2.71 bits per heavy atom. The van der Waals surface area contributed by atoms with E-state index in [2.05, 4.69) is 0 Å². The van der Waals surface area contributed by atoms with Crippen LogP contribution in [0.4, 0.5) is 0 Å². The van der Waals surface area contributed by atoms with E-state index in [4.69, 9.17) is 4.74 Å². The molecule has 14 heavy (non-hydrogen) atoms. The van der Waals surface area contributed by atoms with Gasteiger partial charge in [0.1, 0.15) is 6.61 Å². The van der Waals surface area contributed by atoms with Crippen molar-refractivity contribution in [2.24, 2.45) is 0 Å². The molecule has 0 bridgehead atoms. The Bertz CT molecular complexity index is 301. The summed E-state index contributed by atoms with van der Waals surface area (Å²) in [5.74, 6) is -0.164. The van der Waals surface area contributed by atoms with Gasteiger partial charge in [-0.15, -0.1) is 0 Å². The van der Waals surface area contributed by atoms with Crippen molar-refractivity contribution in [1.82, 2.24) is 0 Å². The smallest absolute Gasteiger partial charge is 0.305 e. The van der Waals surface area contributed by atoms with Crippen LogP contribution in [0.3, 0.4) is 0 Å². The molecule has 0 heterocycles. The quantitative estimate of drug-likeness (QED) is 0.682. The van der Waals surface area contributed by atoms with E-state index in [-0.39, 0.29) is 5.97 Å². The molecule has 0 aliphatic carbocycles. The maximum Gasteiger partial charge on any atom is 0.305 e. The summed E-state index contributed by atoms with van der Waals surface area (Å²) in [4.78, 5) is 10.8. The molecule has 0 unspecified atom stereocenters. The van der Waals surface area contributed by atoms with Crippen LogP contribution in [0.2, 0.25) is 0 Å². The van der Waals surface area contributed by atoms with Gasteiger partial charge in [0.25, 0.3) is 0 Å². The average Bonchev–Trinajstić information content (AvgIpc) is 2.25. The fraction of sp³-hybridized carbons (Fsp3) is 0.250. The summed E-state index contributed by atoms with van der Waals surface area (Å²) in [5, 5.41) is 0. The zero-order valence-corrected chi connectivity index (χ0v) is 8.27. The number of carbonyl (C=O) groups is 1. The predicted octanol–water partition coefficient (Wildman–Crippen LogP) is 2.65. The first-order chi connectivity index (χ1) is 6.83. The van der Waals surface area contributed by atoms with Crippen molar-refractivity contribution in [2.45, 2.75) is 13.3 Å². The van der Waals surface area contributed by atoms with Crippen LogP contribution in [0.15, 0.2) is 36.4 Å². The van der Waals surface area contributed by atoms with Gasteiger partial charge in [0, 0.05) is 6.42 Å². The van der Waals surface area contributed by atoms with E-state index >= 15 is 0 Å². The summed E-state index contributed by atoms with van der Waals surface area (Å²) in [5.41, 5.74) is 1.11. The standard InChI is InChI=1S/C12H14O2/c1-2-12(13)14-10-6-9-11-7-4-3-5-8-11/h3-9H,2,10H2,1H3/b9-6-. The third-order valence-electron chi connectivity index (χ3n) is 1.74. The highest BCUT2D eigenvalue weighted by atomic mass is 16.5. The molecule has 1 rings (SSSR count). The van der Waals surface area contributed by atoms with Crippen molar-refractivity contribution in [3.63, 3.8) is 0 Å². The monoisotopic (exact) mass is 190 g/mol. The van der Waals surface area contributed by atoms with E-state index in [1.54, 1.807) is 6.92 Å². The van der Waals surface area contributed by atoms with Crippen LogP contribution in [0.5, 0.6) is 0 Å². The van der Waals surface area contributed by atoms with Gasteiger partial charge >= 0.3 is 5.97 Å². The van der Waals surface area contributed by atoms with Crippen molar-refractivity contribution in [2.75, 3.05) is 6.61 Å². The van der Waals surface area contributed by atoms with Crippen molar-refractivity contribution in [1.29, 1.82) is 0 Å². The van der Waals surface area contributed by atoms with Gasteiger partial charge < -0.3 is 4.74 Å². The lowest BCUT2D eigenvalue weighted by molar-refractivity contribution is -0.141. The van der Waals surface area contributed by atoms with Gasteiger partial charge in [-0.25, -0.2) is 0 Å². The molecule has 1 aromatic rings. The lowest BCUT2D eigenvalue weighted by atomic mass is 10.2. The Morgan fingerprint density at radius 2 is 2.07 bits per heavy atom. The maximum atomic E-state index is 10.8. The molecular weight excluding hydrogens is 176 g/mol. The fourth-order valence-electron chi connectivity index (χ4n) is 0.991. The average molecular weight is 190 g/mol. The van der Waals surface area contributed by atoms with Crippen molar-refractivity contribution >= 4 is 12.0 Å². The van der Waals surface area contributed by atoms with Gasteiger partial charge in [0.2, 0.25) is 0 Å². The van der Waals surface area contributed by atoms with Gasteiger partial charge in [-0.2, -0.15) is 0 Å². The molecule has 0 aliphatic rings. The van der Waals surface area contributed by atoms with Crippen molar-refractivity contribution < 1.29 is 9.53 Å². The summed E-state index contributed by atoms with van der Waals surface area (Å²) in [6.45, 7) is 2.13. The summed E-state index contributed by atoms with van der Waals surface area (Å²) in [6.07, 6.45) is 4.20. The van der Waals surface area contributed by atoms with Crippen LogP contribution in [-0.4, -0.2) is 12.6 Å². The molecule has 2 nitrogen and oxygen atoms in total. The molecule has 0 aromatic heterocycles. The minimum atomic E-state index is -0.164. The second-order valence-corrected chi connectivity index (χ2v) is 2.85. The van der Waals surface area contributed by atoms with Gasteiger partial charge in [-0.1, -0.05) is 43.3 Å². The highest BCUT2D eigenvalue weighted by Crippen LogP contribution is 2.00. The number of hydrogen-bond donors (Lipinski definition) is 0. The van der Waals surface area contributed by atoms with Crippen molar-refractivity contribution in [3.05, 3.63) is 42.0 Å². The first kappa shape index (κ1) is 10.5. The molecule has 0 aliphatic heterocycles. The Kier molecular flexibility index (Phi) is 4.48. The number of hydrogen-bond acceptors (Lipinski definition) is 2. The van der Waals surface area contributed by atoms with Crippen LogP contribution in [0.1, 0.15) is 18.9 Å². The SMILES string of the molecule is CCC(=O)OC/C=C\c1ccccc1. The van der Waals surface area contributed by atoms with Gasteiger partial charge in [-0.3, -0.25) is 4.79 Å². The van der Waals surface area contributed by atoms with E-state index in [1.165, 1.54) is 0 Å². The molecule has 74 valence electrons. The first-order valence-electron chi connectivity index (χ1n) is 4.70. The summed E-state index contributed by atoms with van der Waals surface area (Å²) in [6, 6.07) is 9.90. The summed E-state index contributed by atoms with van der Waals surface area (Å²) >= 11 is 0. The van der Waals surface area contributed by atoms with Gasteiger partial charge in [0.05, 0.1) is 0 Å². The molecule has 0 atom stereocenters. The Morgan fingerprint density at radius 1 is 1.36 bits per heavy atom.